The summed E-state index contributed by atoms with van der Waals surface area (Å²) in [6.07, 6.45) is 5.01. The summed E-state index contributed by atoms with van der Waals surface area (Å²) in [7, 11) is 1.82. The summed E-state index contributed by atoms with van der Waals surface area (Å²) >= 11 is 0. The van der Waals surface area contributed by atoms with E-state index in [0.717, 1.165) is 24.6 Å². The number of rotatable bonds is 5. The molecule has 36 heavy (non-hydrogen) atoms. The van der Waals surface area contributed by atoms with Gasteiger partial charge in [-0.2, -0.15) is 0 Å². The lowest BCUT2D eigenvalue weighted by molar-refractivity contribution is 0.00706. The Kier molecular flexibility index (Phi) is 6.05. The maximum Gasteiger partial charge on any atom is 0.340 e. The molecule has 1 aliphatic heterocycles. The van der Waals surface area contributed by atoms with Crippen LogP contribution in [0.1, 0.15) is 75.3 Å². The lowest BCUT2D eigenvalue weighted by Gasteiger charge is -2.38. The third-order valence-corrected chi connectivity index (χ3v) is 7.63. The van der Waals surface area contributed by atoms with E-state index >= 15 is 0 Å². The van der Waals surface area contributed by atoms with Gasteiger partial charge < -0.3 is 15.0 Å². The van der Waals surface area contributed by atoms with Crippen LogP contribution in [0.2, 0.25) is 0 Å². The van der Waals surface area contributed by atoms with Gasteiger partial charge in [-0.05, 0) is 70.6 Å². The zero-order chi connectivity index (χ0) is 25.7. The molecule has 1 unspecified atom stereocenters. The molecular formula is C29H36N4O3. The van der Waals surface area contributed by atoms with Crippen molar-refractivity contribution in [3.05, 3.63) is 63.9 Å². The summed E-state index contributed by atoms with van der Waals surface area (Å²) in [6.45, 7) is 9.51. The van der Waals surface area contributed by atoms with E-state index in [9.17, 15) is 9.59 Å². The number of benzene rings is 2. The molecule has 1 atom stereocenters. The largest absolute Gasteiger partial charge is 0.456 e. The van der Waals surface area contributed by atoms with Crippen molar-refractivity contribution in [2.24, 2.45) is 12.5 Å². The smallest absolute Gasteiger partial charge is 0.340 e. The highest BCUT2D eigenvalue weighted by atomic mass is 16.6. The number of nitrogens with zero attached hydrogens (tertiary/aromatic N) is 3. The van der Waals surface area contributed by atoms with Crippen molar-refractivity contribution in [2.75, 3.05) is 23.3 Å². The Morgan fingerprint density at radius 3 is 2.53 bits per heavy atom. The summed E-state index contributed by atoms with van der Waals surface area (Å²) in [5.41, 5.74) is 2.58. The molecule has 2 fully saturated rings. The van der Waals surface area contributed by atoms with E-state index in [-0.39, 0.29) is 17.6 Å². The molecule has 7 heteroatoms. The first-order valence-electron chi connectivity index (χ1n) is 12.9. The highest BCUT2D eigenvalue weighted by molar-refractivity contribution is 5.96. The molecule has 190 valence electrons. The molecular weight excluding hydrogens is 452 g/mol. The Morgan fingerprint density at radius 1 is 1.11 bits per heavy atom. The van der Waals surface area contributed by atoms with Gasteiger partial charge in [-0.1, -0.05) is 30.7 Å². The number of carbonyl (C=O) groups excluding carboxylic acids is 1. The molecule has 2 aliphatic rings. The average Bonchev–Trinajstić information content (AvgIpc) is 3.26. The van der Waals surface area contributed by atoms with Crippen molar-refractivity contribution in [1.29, 1.82) is 0 Å². The van der Waals surface area contributed by atoms with E-state index in [1.807, 2.05) is 71.1 Å². The van der Waals surface area contributed by atoms with E-state index in [1.165, 1.54) is 25.7 Å². The van der Waals surface area contributed by atoms with Crippen LogP contribution in [0.4, 0.5) is 11.6 Å². The van der Waals surface area contributed by atoms with Crippen molar-refractivity contribution in [2.45, 2.75) is 65.0 Å². The van der Waals surface area contributed by atoms with Crippen molar-refractivity contribution >= 4 is 28.5 Å². The zero-order valence-corrected chi connectivity index (χ0v) is 21.9. The lowest BCUT2D eigenvalue weighted by Crippen LogP contribution is -2.35. The molecule has 0 bridgehead atoms. The summed E-state index contributed by atoms with van der Waals surface area (Å²) in [4.78, 5) is 33.6. The van der Waals surface area contributed by atoms with Crippen molar-refractivity contribution < 1.29 is 9.53 Å². The summed E-state index contributed by atoms with van der Waals surface area (Å²) in [5.74, 6) is 0.369. The second kappa shape index (κ2) is 8.95. The number of fused-ring (bicyclic) bond motifs is 1. The topological polar surface area (TPSA) is 76.5 Å². The van der Waals surface area contributed by atoms with Gasteiger partial charge in [-0.3, -0.25) is 9.36 Å². The summed E-state index contributed by atoms with van der Waals surface area (Å²) in [6, 6.07) is 12.9. The highest BCUT2D eigenvalue weighted by Crippen LogP contribution is 2.48. The minimum absolute atomic E-state index is 0.0345. The van der Waals surface area contributed by atoms with Gasteiger partial charge in [-0.15, -0.1) is 0 Å². The van der Waals surface area contributed by atoms with Gasteiger partial charge in [0.25, 0.3) is 5.56 Å². The van der Waals surface area contributed by atoms with E-state index in [2.05, 4.69) is 10.2 Å². The molecule has 0 amide bonds. The second-order valence-electron chi connectivity index (χ2n) is 11.5. The van der Waals surface area contributed by atoms with E-state index in [1.54, 1.807) is 10.6 Å². The SMILES string of the molecule is CC(Nc1ccccc1C(=O)OC(C)(C)C)c1cccc2c(=O)n(C)c(N3CCC4(CCC4)C3)nc12. The fraction of sp³-hybridized carbons (Fsp3) is 0.483. The van der Waals surface area contributed by atoms with Gasteiger partial charge >= 0.3 is 5.97 Å². The van der Waals surface area contributed by atoms with Crippen LogP contribution in [0.3, 0.4) is 0 Å². The van der Waals surface area contributed by atoms with E-state index in [4.69, 9.17) is 9.72 Å². The first-order chi connectivity index (χ1) is 17.1. The first-order valence-corrected chi connectivity index (χ1v) is 12.9. The van der Waals surface area contributed by atoms with E-state index in [0.29, 0.717) is 27.6 Å². The minimum Gasteiger partial charge on any atom is -0.456 e. The number of esters is 1. The Labute approximate surface area is 212 Å². The molecule has 5 rings (SSSR count). The van der Waals surface area contributed by atoms with Crippen LogP contribution in [0.15, 0.2) is 47.3 Å². The van der Waals surface area contributed by atoms with Crippen molar-refractivity contribution in [3.63, 3.8) is 0 Å². The van der Waals surface area contributed by atoms with Gasteiger partial charge in [0.2, 0.25) is 5.95 Å². The molecule has 7 nitrogen and oxygen atoms in total. The number of anilines is 2. The van der Waals surface area contributed by atoms with Crippen LogP contribution in [-0.2, 0) is 11.8 Å². The number of hydrogen-bond donors (Lipinski definition) is 1. The van der Waals surface area contributed by atoms with Gasteiger partial charge in [-0.25, -0.2) is 9.78 Å². The minimum atomic E-state index is -0.584. The van der Waals surface area contributed by atoms with Gasteiger partial charge in [0.05, 0.1) is 22.5 Å². The fourth-order valence-corrected chi connectivity index (χ4v) is 5.56. The molecule has 2 heterocycles. The Hall–Kier alpha value is -3.35. The number of nitrogens with one attached hydrogen (secondary N) is 1. The van der Waals surface area contributed by atoms with Crippen LogP contribution in [0.25, 0.3) is 10.9 Å². The van der Waals surface area contributed by atoms with Crippen LogP contribution >= 0.6 is 0 Å². The fourth-order valence-electron chi connectivity index (χ4n) is 5.56. The third-order valence-electron chi connectivity index (χ3n) is 7.63. The van der Waals surface area contributed by atoms with E-state index < -0.39 is 5.60 Å². The number of carbonyl (C=O) groups is 1. The number of para-hydroxylation sites is 2. The molecule has 3 aromatic rings. The average molecular weight is 489 g/mol. The lowest BCUT2D eigenvalue weighted by atomic mass is 9.68. The highest BCUT2D eigenvalue weighted by Gasteiger charge is 2.43. The van der Waals surface area contributed by atoms with Crippen LogP contribution in [-0.4, -0.2) is 34.2 Å². The van der Waals surface area contributed by atoms with Crippen molar-refractivity contribution in [3.8, 4) is 0 Å². The van der Waals surface area contributed by atoms with Crippen LogP contribution < -0.4 is 15.8 Å². The first kappa shape index (κ1) is 24.3. The molecule has 2 aromatic carbocycles. The molecule has 1 spiro atoms. The predicted octanol–water partition coefficient (Wildman–Crippen LogP) is 5.44. The second-order valence-corrected chi connectivity index (χ2v) is 11.5. The maximum atomic E-state index is 13.4. The van der Waals surface area contributed by atoms with Crippen LogP contribution in [0, 0.1) is 5.41 Å². The monoisotopic (exact) mass is 488 g/mol. The maximum absolute atomic E-state index is 13.4. The normalized spacial score (nSPS) is 17.8. The molecule has 1 aromatic heterocycles. The number of ether oxygens (including phenoxy) is 1. The van der Waals surface area contributed by atoms with Gasteiger partial charge in [0.1, 0.15) is 5.60 Å². The number of aromatic nitrogens is 2. The standard InChI is InChI=1S/C29H36N4O3/c1-19(30-23-13-7-6-10-21(23)26(35)36-28(2,3)4)20-11-8-12-22-24(20)31-27(32(5)25(22)34)33-17-16-29(18-33)14-9-15-29/h6-8,10-13,19,30H,9,14-18H2,1-5H3. The number of hydrogen-bond acceptors (Lipinski definition) is 6. The predicted molar refractivity (Wildman–Crippen MR) is 144 cm³/mol. The zero-order valence-electron chi connectivity index (χ0n) is 21.9. The van der Waals surface area contributed by atoms with Crippen molar-refractivity contribution in [1.82, 2.24) is 9.55 Å². The Balaban J connectivity index is 1.49. The molecule has 1 aliphatic carbocycles. The summed E-state index contributed by atoms with van der Waals surface area (Å²) in [5, 5.41) is 4.08. The summed E-state index contributed by atoms with van der Waals surface area (Å²) < 4.78 is 7.31. The Bertz CT molecular complexity index is 1370. The Morgan fingerprint density at radius 2 is 1.86 bits per heavy atom. The molecule has 1 saturated heterocycles. The third kappa shape index (κ3) is 4.47. The molecule has 1 N–H and O–H groups in total. The molecule has 0 radical (unpaired) electrons. The van der Waals surface area contributed by atoms with Gasteiger partial charge in [0, 0.05) is 31.4 Å². The quantitative estimate of drug-likeness (QED) is 0.482. The van der Waals surface area contributed by atoms with Gasteiger partial charge in [0.15, 0.2) is 0 Å². The van der Waals surface area contributed by atoms with Crippen LogP contribution in [0.5, 0.6) is 0 Å². The molecule has 1 saturated carbocycles.